The maximum Gasteiger partial charge on any atom is 0.336 e. The number of rotatable bonds is 2. The number of esters is 1. The molecular formula is C10H12O3. The van der Waals surface area contributed by atoms with Gasteiger partial charge < -0.3 is 9.47 Å². The van der Waals surface area contributed by atoms with Crippen molar-refractivity contribution in [2.45, 2.75) is 25.0 Å². The molecule has 2 atom stereocenters. The average molecular weight is 180 g/mol. The Morgan fingerprint density at radius 1 is 1.77 bits per heavy atom. The summed E-state index contributed by atoms with van der Waals surface area (Å²) in [5, 5.41) is 0. The summed E-state index contributed by atoms with van der Waals surface area (Å²) < 4.78 is 10.3. The van der Waals surface area contributed by atoms with E-state index in [2.05, 4.69) is 4.74 Å². The molecule has 0 saturated heterocycles. The minimum Gasteiger partial charge on any atom is -0.466 e. The highest BCUT2D eigenvalue weighted by Crippen LogP contribution is 2.39. The van der Waals surface area contributed by atoms with Crippen LogP contribution in [-0.2, 0) is 14.3 Å². The molecule has 0 N–H and O–H groups in total. The van der Waals surface area contributed by atoms with Crippen LogP contribution >= 0.6 is 0 Å². The number of ether oxygens (including phenoxy) is 2. The zero-order chi connectivity index (χ0) is 9.47. The van der Waals surface area contributed by atoms with Crippen molar-refractivity contribution in [3.8, 4) is 0 Å². The first-order valence-electron chi connectivity index (χ1n) is 4.39. The van der Waals surface area contributed by atoms with E-state index in [-0.39, 0.29) is 17.7 Å². The van der Waals surface area contributed by atoms with Crippen LogP contribution in [0.4, 0.5) is 0 Å². The normalized spacial score (nSPS) is 34.9. The third-order valence-corrected chi connectivity index (χ3v) is 2.58. The minimum absolute atomic E-state index is 0.188. The highest BCUT2D eigenvalue weighted by atomic mass is 16.5. The van der Waals surface area contributed by atoms with E-state index in [1.807, 2.05) is 25.2 Å². The highest BCUT2D eigenvalue weighted by Gasteiger charge is 2.43. The second-order valence-electron chi connectivity index (χ2n) is 3.30. The first kappa shape index (κ1) is 8.51. The molecule has 0 aromatic heterocycles. The quantitative estimate of drug-likeness (QED) is 0.473. The van der Waals surface area contributed by atoms with E-state index < -0.39 is 0 Å². The van der Waals surface area contributed by atoms with Gasteiger partial charge in [-0.3, -0.25) is 0 Å². The largest absolute Gasteiger partial charge is 0.466 e. The number of hydrogen-bond acceptors (Lipinski definition) is 3. The predicted octanol–water partition coefficient (Wildman–Crippen LogP) is 1.20. The molecule has 2 aliphatic rings. The third-order valence-electron chi connectivity index (χ3n) is 2.58. The summed E-state index contributed by atoms with van der Waals surface area (Å²) in [7, 11) is 1.39. The van der Waals surface area contributed by atoms with E-state index in [1.54, 1.807) is 0 Å². The lowest BCUT2D eigenvalue weighted by Crippen LogP contribution is -2.19. The fraction of sp³-hybridized carbons (Fsp3) is 0.500. The Morgan fingerprint density at radius 2 is 2.54 bits per heavy atom. The molecule has 0 fully saturated rings. The van der Waals surface area contributed by atoms with E-state index in [1.165, 1.54) is 7.11 Å². The molecule has 0 aromatic carbocycles. The average Bonchev–Trinajstić information content (AvgIpc) is 2.74. The lowest BCUT2D eigenvalue weighted by Gasteiger charge is -2.16. The van der Waals surface area contributed by atoms with Crippen LogP contribution in [0.15, 0.2) is 23.8 Å². The van der Waals surface area contributed by atoms with Crippen molar-refractivity contribution in [2.24, 2.45) is 0 Å². The van der Waals surface area contributed by atoms with E-state index in [0.29, 0.717) is 5.57 Å². The first-order valence-corrected chi connectivity index (χ1v) is 4.39. The molecule has 13 heavy (non-hydrogen) atoms. The highest BCUT2D eigenvalue weighted by molar-refractivity contribution is 5.91. The Balaban J connectivity index is 2.27. The first-order chi connectivity index (χ1) is 6.21. The van der Waals surface area contributed by atoms with Crippen molar-refractivity contribution in [1.29, 1.82) is 0 Å². The number of fused-ring (bicyclic) bond motifs is 2. The van der Waals surface area contributed by atoms with Crippen molar-refractivity contribution in [3.05, 3.63) is 23.8 Å². The zero-order valence-electron chi connectivity index (χ0n) is 7.74. The van der Waals surface area contributed by atoms with Crippen LogP contribution in [0.1, 0.15) is 13.3 Å². The lowest BCUT2D eigenvalue weighted by molar-refractivity contribution is -0.136. The van der Waals surface area contributed by atoms with Crippen molar-refractivity contribution >= 4 is 5.97 Å². The summed E-state index contributed by atoms with van der Waals surface area (Å²) >= 11 is 0. The Morgan fingerprint density at radius 3 is 3.08 bits per heavy atom. The Hall–Kier alpha value is -1.09. The summed E-state index contributed by atoms with van der Waals surface area (Å²) in [5.41, 5.74) is 0.292. The summed E-state index contributed by atoms with van der Waals surface area (Å²) in [6.07, 6.45) is 6.44. The summed E-state index contributed by atoms with van der Waals surface area (Å²) in [6.45, 7) is 2.03. The van der Waals surface area contributed by atoms with Crippen LogP contribution in [0.3, 0.4) is 0 Å². The molecule has 0 amide bonds. The van der Waals surface area contributed by atoms with Gasteiger partial charge in [-0.15, -0.1) is 0 Å². The van der Waals surface area contributed by atoms with Gasteiger partial charge in [0, 0.05) is 0 Å². The smallest absolute Gasteiger partial charge is 0.336 e. The van der Waals surface area contributed by atoms with Crippen LogP contribution in [-0.4, -0.2) is 24.8 Å². The molecule has 3 nitrogen and oxygen atoms in total. The van der Waals surface area contributed by atoms with E-state index >= 15 is 0 Å². The van der Waals surface area contributed by atoms with Gasteiger partial charge in [-0.2, -0.15) is 0 Å². The van der Waals surface area contributed by atoms with Crippen molar-refractivity contribution in [1.82, 2.24) is 0 Å². The topological polar surface area (TPSA) is 35.5 Å². The molecule has 3 heteroatoms. The lowest BCUT2D eigenvalue weighted by atomic mass is 9.94. The fourth-order valence-corrected chi connectivity index (χ4v) is 1.76. The maximum absolute atomic E-state index is 11.3. The fourth-order valence-electron chi connectivity index (χ4n) is 1.76. The van der Waals surface area contributed by atoms with Gasteiger partial charge in [-0.25, -0.2) is 4.79 Å². The SMILES string of the molecule is CCC12C=CC(O1)C(C(=O)OC)=C2. The molecule has 2 unspecified atom stereocenters. The maximum atomic E-state index is 11.3. The van der Waals surface area contributed by atoms with Gasteiger partial charge in [0.15, 0.2) is 0 Å². The van der Waals surface area contributed by atoms with E-state index in [9.17, 15) is 4.79 Å². The van der Waals surface area contributed by atoms with Crippen LogP contribution in [0, 0.1) is 0 Å². The number of carbonyl (C=O) groups excluding carboxylic acids is 1. The Bertz CT molecular complexity index is 303. The minimum atomic E-state index is -0.339. The van der Waals surface area contributed by atoms with Crippen LogP contribution in [0.2, 0.25) is 0 Å². The standard InChI is InChI=1S/C10H12O3/c1-3-10-5-4-8(13-10)7(6-10)9(11)12-2/h4-6,8H,3H2,1-2H3. The predicted molar refractivity (Wildman–Crippen MR) is 47.1 cm³/mol. The van der Waals surface area contributed by atoms with Crippen molar-refractivity contribution < 1.29 is 14.3 Å². The van der Waals surface area contributed by atoms with Gasteiger partial charge in [0.25, 0.3) is 0 Å². The van der Waals surface area contributed by atoms with Gasteiger partial charge in [0.2, 0.25) is 0 Å². The van der Waals surface area contributed by atoms with Gasteiger partial charge in [-0.1, -0.05) is 19.1 Å². The molecule has 2 aliphatic heterocycles. The molecule has 0 radical (unpaired) electrons. The van der Waals surface area contributed by atoms with Gasteiger partial charge in [0.05, 0.1) is 12.7 Å². The van der Waals surface area contributed by atoms with Crippen LogP contribution in [0.25, 0.3) is 0 Å². The molecule has 0 aromatic rings. The molecule has 2 rings (SSSR count). The summed E-state index contributed by atoms with van der Waals surface area (Å²) in [5.74, 6) is -0.287. The summed E-state index contributed by atoms with van der Waals surface area (Å²) in [6, 6.07) is 0. The number of carbonyl (C=O) groups is 1. The van der Waals surface area contributed by atoms with Gasteiger partial charge in [-0.05, 0) is 12.5 Å². The number of methoxy groups -OCH3 is 1. The molecule has 2 heterocycles. The Kier molecular flexibility index (Phi) is 1.77. The molecule has 70 valence electrons. The summed E-state index contributed by atoms with van der Waals surface area (Å²) in [4.78, 5) is 11.3. The second kappa shape index (κ2) is 2.70. The molecular weight excluding hydrogens is 168 g/mol. The second-order valence-corrected chi connectivity index (χ2v) is 3.30. The molecule has 0 spiro atoms. The van der Waals surface area contributed by atoms with Crippen LogP contribution < -0.4 is 0 Å². The molecule has 0 aliphatic carbocycles. The van der Waals surface area contributed by atoms with E-state index in [4.69, 9.17) is 4.74 Å². The monoisotopic (exact) mass is 180 g/mol. The zero-order valence-corrected chi connectivity index (χ0v) is 7.74. The third kappa shape index (κ3) is 1.11. The van der Waals surface area contributed by atoms with Gasteiger partial charge in [0.1, 0.15) is 11.7 Å². The van der Waals surface area contributed by atoms with E-state index in [0.717, 1.165) is 6.42 Å². The van der Waals surface area contributed by atoms with Crippen molar-refractivity contribution in [2.75, 3.05) is 7.11 Å². The molecule has 2 bridgehead atoms. The van der Waals surface area contributed by atoms with Gasteiger partial charge >= 0.3 is 5.97 Å². The van der Waals surface area contributed by atoms with Crippen LogP contribution in [0.5, 0.6) is 0 Å². The molecule has 0 saturated carbocycles. The number of hydrogen-bond donors (Lipinski definition) is 0. The van der Waals surface area contributed by atoms with Crippen molar-refractivity contribution in [3.63, 3.8) is 0 Å². The Labute approximate surface area is 77.0 Å².